The minimum atomic E-state index is -4.39. The van der Waals surface area contributed by atoms with Crippen LogP contribution < -0.4 is 0 Å². The molecule has 0 rings (SSSR count). The van der Waals surface area contributed by atoms with Crippen molar-refractivity contribution in [2.75, 3.05) is 0 Å². The van der Waals surface area contributed by atoms with Gasteiger partial charge in [0.05, 0.1) is 0 Å². The SMILES string of the molecule is C=C(CCC(=C(C)C)C(F)(F)F)C(=O)O. The van der Waals surface area contributed by atoms with Crippen molar-refractivity contribution in [3.8, 4) is 0 Å². The van der Waals surface area contributed by atoms with Gasteiger partial charge in [0.15, 0.2) is 0 Å². The molecule has 15 heavy (non-hydrogen) atoms. The molecule has 0 spiro atoms. The van der Waals surface area contributed by atoms with Gasteiger partial charge in [0.1, 0.15) is 0 Å². The summed E-state index contributed by atoms with van der Waals surface area (Å²) in [5.41, 5.74) is -0.733. The van der Waals surface area contributed by atoms with Crippen molar-refractivity contribution in [1.82, 2.24) is 0 Å². The van der Waals surface area contributed by atoms with Gasteiger partial charge in [-0.25, -0.2) is 4.79 Å². The molecule has 0 saturated carbocycles. The number of hydrogen-bond donors (Lipinski definition) is 1. The van der Waals surface area contributed by atoms with Gasteiger partial charge < -0.3 is 5.11 Å². The topological polar surface area (TPSA) is 37.3 Å². The van der Waals surface area contributed by atoms with E-state index in [4.69, 9.17) is 5.11 Å². The summed E-state index contributed by atoms with van der Waals surface area (Å²) in [5, 5.41) is 8.44. The molecule has 0 aliphatic heterocycles. The molecule has 0 heterocycles. The number of alkyl halides is 3. The molecule has 0 aliphatic rings. The quantitative estimate of drug-likeness (QED) is 0.585. The molecular formula is C10H13F3O2. The molecule has 0 aromatic heterocycles. The van der Waals surface area contributed by atoms with Crippen molar-refractivity contribution in [3.05, 3.63) is 23.3 Å². The molecule has 0 amide bonds. The Morgan fingerprint density at radius 2 is 1.73 bits per heavy atom. The molecular weight excluding hydrogens is 209 g/mol. The fourth-order valence-electron chi connectivity index (χ4n) is 1.06. The van der Waals surface area contributed by atoms with Crippen molar-refractivity contribution in [2.24, 2.45) is 0 Å². The normalized spacial score (nSPS) is 11.0. The van der Waals surface area contributed by atoms with E-state index in [-0.39, 0.29) is 24.0 Å². The van der Waals surface area contributed by atoms with Crippen LogP contribution in [-0.4, -0.2) is 17.3 Å². The van der Waals surface area contributed by atoms with Gasteiger partial charge in [0.2, 0.25) is 0 Å². The Hall–Kier alpha value is -1.26. The van der Waals surface area contributed by atoms with Crippen molar-refractivity contribution in [1.29, 1.82) is 0 Å². The molecule has 0 aliphatic carbocycles. The van der Waals surface area contributed by atoms with Crippen LogP contribution in [0, 0.1) is 0 Å². The van der Waals surface area contributed by atoms with E-state index < -0.39 is 17.7 Å². The summed E-state index contributed by atoms with van der Waals surface area (Å²) in [5.74, 6) is -1.26. The number of carboxylic acids is 1. The van der Waals surface area contributed by atoms with E-state index in [9.17, 15) is 18.0 Å². The summed E-state index contributed by atoms with van der Waals surface area (Å²) in [6.07, 6.45) is -4.91. The predicted octanol–water partition coefficient (Wildman–Crippen LogP) is 3.31. The molecule has 0 bridgehead atoms. The highest BCUT2D eigenvalue weighted by Crippen LogP contribution is 2.32. The molecule has 2 nitrogen and oxygen atoms in total. The maximum Gasteiger partial charge on any atom is 0.412 e. The Balaban J connectivity index is 4.57. The van der Waals surface area contributed by atoms with Crippen LogP contribution in [0.4, 0.5) is 13.2 Å². The Morgan fingerprint density at radius 1 is 1.27 bits per heavy atom. The summed E-state index contributed by atoms with van der Waals surface area (Å²) < 4.78 is 37.2. The van der Waals surface area contributed by atoms with Crippen LogP contribution >= 0.6 is 0 Å². The van der Waals surface area contributed by atoms with Crippen LogP contribution in [0.15, 0.2) is 23.3 Å². The Kier molecular flexibility index (Phi) is 4.58. The molecule has 0 unspecified atom stereocenters. The third-order valence-electron chi connectivity index (χ3n) is 1.92. The molecule has 0 fully saturated rings. The molecule has 0 aromatic rings. The van der Waals surface area contributed by atoms with Crippen LogP contribution in [-0.2, 0) is 4.79 Å². The number of aliphatic carboxylic acids is 1. The van der Waals surface area contributed by atoms with Gasteiger partial charge in [0.25, 0.3) is 0 Å². The molecule has 1 N–H and O–H groups in total. The van der Waals surface area contributed by atoms with Gasteiger partial charge in [-0.1, -0.05) is 12.2 Å². The van der Waals surface area contributed by atoms with Crippen LogP contribution in [0.25, 0.3) is 0 Å². The molecule has 0 aromatic carbocycles. The van der Waals surface area contributed by atoms with E-state index in [1.165, 1.54) is 13.8 Å². The van der Waals surface area contributed by atoms with E-state index >= 15 is 0 Å². The van der Waals surface area contributed by atoms with Crippen molar-refractivity contribution in [2.45, 2.75) is 32.9 Å². The summed E-state index contributed by atoms with van der Waals surface area (Å²) in [7, 11) is 0. The van der Waals surface area contributed by atoms with Gasteiger partial charge in [0, 0.05) is 11.1 Å². The third-order valence-corrected chi connectivity index (χ3v) is 1.92. The lowest BCUT2D eigenvalue weighted by Gasteiger charge is -2.13. The first-order valence-corrected chi connectivity index (χ1v) is 4.31. The highest BCUT2D eigenvalue weighted by Gasteiger charge is 2.33. The number of hydrogen-bond acceptors (Lipinski definition) is 1. The van der Waals surface area contributed by atoms with Crippen LogP contribution in [0.5, 0.6) is 0 Å². The lowest BCUT2D eigenvalue weighted by Crippen LogP contribution is -2.14. The van der Waals surface area contributed by atoms with Crippen LogP contribution in [0.1, 0.15) is 26.7 Å². The fraction of sp³-hybridized carbons (Fsp3) is 0.500. The second kappa shape index (κ2) is 5.00. The molecule has 86 valence electrons. The largest absolute Gasteiger partial charge is 0.478 e. The monoisotopic (exact) mass is 222 g/mol. The predicted molar refractivity (Wildman–Crippen MR) is 50.4 cm³/mol. The van der Waals surface area contributed by atoms with Crippen molar-refractivity contribution < 1.29 is 23.1 Å². The zero-order valence-corrected chi connectivity index (χ0v) is 8.61. The molecule has 0 atom stereocenters. The van der Waals surface area contributed by atoms with E-state index in [2.05, 4.69) is 6.58 Å². The third kappa shape index (κ3) is 4.67. The Labute approximate surface area is 86.1 Å². The average molecular weight is 222 g/mol. The van der Waals surface area contributed by atoms with E-state index in [1.807, 2.05) is 0 Å². The summed E-state index contributed by atoms with van der Waals surface area (Å²) in [6.45, 7) is 5.89. The van der Waals surface area contributed by atoms with Crippen molar-refractivity contribution in [3.63, 3.8) is 0 Å². The van der Waals surface area contributed by atoms with Crippen LogP contribution in [0.2, 0.25) is 0 Å². The summed E-state index contributed by atoms with van der Waals surface area (Å²) >= 11 is 0. The maximum atomic E-state index is 12.4. The lowest BCUT2D eigenvalue weighted by atomic mass is 10.0. The highest BCUT2D eigenvalue weighted by molar-refractivity contribution is 5.85. The molecule has 5 heteroatoms. The second-order valence-corrected chi connectivity index (χ2v) is 3.39. The Morgan fingerprint density at radius 3 is 2.00 bits per heavy atom. The number of halogens is 3. The summed E-state index contributed by atoms with van der Waals surface area (Å²) in [4.78, 5) is 10.3. The van der Waals surface area contributed by atoms with Crippen LogP contribution in [0.3, 0.4) is 0 Å². The number of carbonyl (C=O) groups is 1. The van der Waals surface area contributed by atoms with E-state index in [0.29, 0.717) is 0 Å². The van der Waals surface area contributed by atoms with Gasteiger partial charge in [-0.05, 0) is 26.7 Å². The van der Waals surface area contributed by atoms with Gasteiger partial charge in [-0.15, -0.1) is 0 Å². The van der Waals surface area contributed by atoms with E-state index in [0.717, 1.165) is 0 Å². The van der Waals surface area contributed by atoms with Gasteiger partial charge >= 0.3 is 12.1 Å². The van der Waals surface area contributed by atoms with E-state index in [1.54, 1.807) is 0 Å². The standard InChI is InChI=1S/C10H13F3O2/c1-6(2)8(10(11,12)13)5-4-7(3)9(14)15/h3-5H2,1-2H3,(H,14,15). The molecule has 0 radical (unpaired) electrons. The fourth-order valence-corrected chi connectivity index (χ4v) is 1.06. The van der Waals surface area contributed by atoms with Gasteiger partial charge in [-0.3, -0.25) is 0 Å². The Bertz CT molecular complexity index is 296. The van der Waals surface area contributed by atoms with Crippen molar-refractivity contribution >= 4 is 5.97 Å². The van der Waals surface area contributed by atoms with Gasteiger partial charge in [-0.2, -0.15) is 13.2 Å². The second-order valence-electron chi connectivity index (χ2n) is 3.39. The minimum absolute atomic E-state index is 0.153. The highest BCUT2D eigenvalue weighted by atomic mass is 19.4. The lowest BCUT2D eigenvalue weighted by molar-refractivity contribution is -0.132. The number of allylic oxidation sites excluding steroid dienone is 2. The average Bonchev–Trinajstić information content (AvgIpc) is 2.00. The number of carboxylic acid groups (broad SMARTS) is 1. The zero-order chi connectivity index (χ0) is 12.2. The number of rotatable bonds is 4. The smallest absolute Gasteiger partial charge is 0.412 e. The minimum Gasteiger partial charge on any atom is -0.478 e. The zero-order valence-electron chi connectivity index (χ0n) is 8.61. The first-order valence-electron chi connectivity index (χ1n) is 4.31. The maximum absolute atomic E-state index is 12.4. The first kappa shape index (κ1) is 13.7. The molecule has 0 saturated heterocycles. The first-order chi connectivity index (χ1) is 6.66. The summed E-state index contributed by atoms with van der Waals surface area (Å²) in [6, 6.07) is 0.